The van der Waals surface area contributed by atoms with Crippen LogP contribution in [-0.2, 0) is 0 Å². The fourth-order valence-corrected chi connectivity index (χ4v) is 4.33. The normalized spacial score (nSPS) is 35.1. The van der Waals surface area contributed by atoms with Gasteiger partial charge in [0.2, 0.25) is 0 Å². The molecule has 2 aliphatic carbocycles. The molecule has 1 N–H and O–H groups in total. The fourth-order valence-electron chi connectivity index (χ4n) is 4.33. The molecule has 1 unspecified atom stereocenters. The molecule has 0 radical (unpaired) electrons. The molecular weight excluding hydrogens is 244 g/mol. The number of hydrogen-bond acceptors (Lipinski definition) is 2. The first-order valence-corrected chi connectivity index (χ1v) is 9.20. The number of nitrogens with zero attached hydrogens (tertiary/aromatic N) is 1. The average molecular weight is 278 g/mol. The molecule has 1 aliphatic heterocycles. The summed E-state index contributed by atoms with van der Waals surface area (Å²) in [6.45, 7) is 8.80. The molecule has 0 aromatic rings. The maximum Gasteiger partial charge on any atom is 0.0195 e. The van der Waals surface area contributed by atoms with Crippen molar-refractivity contribution in [3.05, 3.63) is 0 Å². The number of rotatable bonds is 6. The average Bonchev–Trinajstić information content (AvgIpc) is 3.12. The minimum atomic E-state index is 0.788. The van der Waals surface area contributed by atoms with Crippen LogP contribution in [-0.4, -0.2) is 36.6 Å². The van der Waals surface area contributed by atoms with Crippen molar-refractivity contribution >= 4 is 0 Å². The van der Waals surface area contributed by atoms with Gasteiger partial charge in [-0.1, -0.05) is 13.8 Å². The van der Waals surface area contributed by atoms with E-state index in [1.165, 1.54) is 71.0 Å². The highest BCUT2D eigenvalue weighted by Gasteiger charge is 2.32. The Hall–Kier alpha value is -0.0800. The minimum Gasteiger partial charge on any atom is -0.313 e. The highest BCUT2D eigenvalue weighted by atomic mass is 15.2. The highest BCUT2D eigenvalue weighted by Crippen LogP contribution is 2.35. The van der Waals surface area contributed by atoms with Crippen LogP contribution >= 0.6 is 0 Å². The van der Waals surface area contributed by atoms with Crippen molar-refractivity contribution in [3.8, 4) is 0 Å². The molecule has 1 heterocycles. The molecule has 20 heavy (non-hydrogen) atoms. The molecule has 0 aromatic carbocycles. The summed E-state index contributed by atoms with van der Waals surface area (Å²) in [6.07, 6.45) is 11.7. The lowest BCUT2D eigenvalue weighted by Gasteiger charge is -2.39. The second-order valence-electron chi connectivity index (χ2n) is 8.00. The summed E-state index contributed by atoms with van der Waals surface area (Å²) in [5, 5.41) is 3.71. The third-order valence-electron chi connectivity index (χ3n) is 6.01. The van der Waals surface area contributed by atoms with E-state index in [4.69, 9.17) is 0 Å². The van der Waals surface area contributed by atoms with Gasteiger partial charge in [0, 0.05) is 25.2 Å². The Labute approximate surface area is 125 Å². The van der Waals surface area contributed by atoms with E-state index in [1.54, 1.807) is 0 Å². The zero-order valence-corrected chi connectivity index (χ0v) is 13.6. The predicted octanol–water partition coefficient (Wildman–Crippen LogP) is 3.67. The monoisotopic (exact) mass is 278 g/mol. The van der Waals surface area contributed by atoms with Crippen LogP contribution in [0.15, 0.2) is 0 Å². The van der Waals surface area contributed by atoms with Gasteiger partial charge in [-0.2, -0.15) is 0 Å². The van der Waals surface area contributed by atoms with Crippen LogP contribution in [0, 0.1) is 17.8 Å². The summed E-state index contributed by atoms with van der Waals surface area (Å²) in [4.78, 5) is 2.89. The smallest absolute Gasteiger partial charge is 0.0195 e. The molecule has 1 saturated heterocycles. The first-order chi connectivity index (χ1) is 9.72. The van der Waals surface area contributed by atoms with Crippen molar-refractivity contribution in [2.24, 2.45) is 17.8 Å². The SMILES string of the molecule is CC(C)C1CCC(N(CC2CC2)CC2CCCN2)CC1. The van der Waals surface area contributed by atoms with Crippen molar-refractivity contribution in [2.45, 2.75) is 77.3 Å². The lowest BCUT2D eigenvalue weighted by molar-refractivity contribution is 0.110. The first-order valence-electron chi connectivity index (χ1n) is 9.20. The Kier molecular flexibility index (Phi) is 5.04. The van der Waals surface area contributed by atoms with Crippen molar-refractivity contribution in [1.82, 2.24) is 10.2 Å². The van der Waals surface area contributed by atoms with E-state index in [9.17, 15) is 0 Å². The molecule has 3 fully saturated rings. The Morgan fingerprint density at radius 3 is 2.25 bits per heavy atom. The van der Waals surface area contributed by atoms with Crippen LogP contribution in [0.4, 0.5) is 0 Å². The summed E-state index contributed by atoms with van der Waals surface area (Å²) in [5.74, 6) is 2.93. The van der Waals surface area contributed by atoms with Crippen LogP contribution < -0.4 is 5.32 Å². The fraction of sp³-hybridized carbons (Fsp3) is 1.00. The van der Waals surface area contributed by atoms with Crippen molar-refractivity contribution in [3.63, 3.8) is 0 Å². The molecule has 0 bridgehead atoms. The Morgan fingerprint density at radius 1 is 0.950 bits per heavy atom. The van der Waals surface area contributed by atoms with E-state index in [0.717, 1.165) is 29.8 Å². The second kappa shape index (κ2) is 6.79. The van der Waals surface area contributed by atoms with Crippen LogP contribution in [0.5, 0.6) is 0 Å². The van der Waals surface area contributed by atoms with Crippen molar-refractivity contribution < 1.29 is 0 Å². The molecule has 0 spiro atoms. The van der Waals surface area contributed by atoms with Gasteiger partial charge in [-0.3, -0.25) is 4.90 Å². The molecule has 3 rings (SSSR count). The van der Waals surface area contributed by atoms with E-state index in [2.05, 4.69) is 24.1 Å². The van der Waals surface area contributed by atoms with E-state index in [1.807, 2.05) is 0 Å². The van der Waals surface area contributed by atoms with Gasteiger partial charge in [0.05, 0.1) is 0 Å². The van der Waals surface area contributed by atoms with Gasteiger partial charge in [0.25, 0.3) is 0 Å². The quantitative estimate of drug-likeness (QED) is 0.797. The third-order valence-corrected chi connectivity index (χ3v) is 6.01. The van der Waals surface area contributed by atoms with E-state index >= 15 is 0 Å². The Morgan fingerprint density at radius 2 is 1.70 bits per heavy atom. The van der Waals surface area contributed by atoms with Gasteiger partial charge in [-0.15, -0.1) is 0 Å². The summed E-state index contributed by atoms with van der Waals surface area (Å²) >= 11 is 0. The second-order valence-corrected chi connectivity index (χ2v) is 8.00. The lowest BCUT2D eigenvalue weighted by Crippen LogP contribution is -2.46. The van der Waals surface area contributed by atoms with Crippen LogP contribution in [0.3, 0.4) is 0 Å². The largest absolute Gasteiger partial charge is 0.313 e. The highest BCUT2D eigenvalue weighted by molar-refractivity contribution is 4.88. The molecule has 2 heteroatoms. The number of nitrogens with one attached hydrogen (secondary N) is 1. The molecule has 0 amide bonds. The maximum absolute atomic E-state index is 3.71. The van der Waals surface area contributed by atoms with Gasteiger partial charge in [0.15, 0.2) is 0 Å². The summed E-state index contributed by atoms with van der Waals surface area (Å²) < 4.78 is 0. The van der Waals surface area contributed by atoms with Crippen LogP contribution in [0.25, 0.3) is 0 Å². The van der Waals surface area contributed by atoms with E-state index in [-0.39, 0.29) is 0 Å². The molecule has 1 atom stereocenters. The third kappa shape index (κ3) is 3.98. The van der Waals surface area contributed by atoms with Crippen molar-refractivity contribution in [2.75, 3.05) is 19.6 Å². The van der Waals surface area contributed by atoms with Crippen molar-refractivity contribution in [1.29, 1.82) is 0 Å². The molecule has 0 aromatic heterocycles. The van der Waals surface area contributed by atoms with Crippen LogP contribution in [0.2, 0.25) is 0 Å². The van der Waals surface area contributed by atoms with Gasteiger partial charge in [0.1, 0.15) is 0 Å². The molecule has 2 saturated carbocycles. The Balaban J connectivity index is 1.51. The topological polar surface area (TPSA) is 15.3 Å². The summed E-state index contributed by atoms with van der Waals surface area (Å²) in [7, 11) is 0. The van der Waals surface area contributed by atoms with E-state index in [0.29, 0.717) is 0 Å². The van der Waals surface area contributed by atoms with Gasteiger partial charge in [-0.25, -0.2) is 0 Å². The maximum atomic E-state index is 3.71. The van der Waals surface area contributed by atoms with Gasteiger partial charge >= 0.3 is 0 Å². The van der Waals surface area contributed by atoms with E-state index < -0.39 is 0 Å². The molecule has 3 aliphatic rings. The molecular formula is C18H34N2. The molecule has 2 nitrogen and oxygen atoms in total. The zero-order chi connectivity index (χ0) is 13.9. The van der Waals surface area contributed by atoms with Crippen LogP contribution in [0.1, 0.15) is 65.2 Å². The number of hydrogen-bond donors (Lipinski definition) is 1. The van der Waals surface area contributed by atoms with Gasteiger partial charge in [-0.05, 0) is 75.7 Å². The zero-order valence-electron chi connectivity index (χ0n) is 13.6. The standard InChI is InChI=1S/C18H34N2/c1-14(2)16-7-9-18(10-8-16)20(12-15-5-6-15)13-17-4-3-11-19-17/h14-19H,3-13H2,1-2H3. The Bertz CT molecular complexity index is 284. The summed E-state index contributed by atoms with van der Waals surface area (Å²) in [5.41, 5.74) is 0. The summed E-state index contributed by atoms with van der Waals surface area (Å²) in [6, 6.07) is 1.68. The first kappa shape index (κ1) is 14.8. The van der Waals surface area contributed by atoms with Gasteiger partial charge < -0.3 is 5.32 Å². The predicted molar refractivity (Wildman–Crippen MR) is 85.9 cm³/mol. The lowest BCUT2D eigenvalue weighted by atomic mass is 9.79. The molecule has 116 valence electrons. The minimum absolute atomic E-state index is 0.788.